The van der Waals surface area contributed by atoms with Crippen LogP contribution in [-0.2, 0) is 4.79 Å². The molecule has 0 spiro atoms. The third-order valence-electron chi connectivity index (χ3n) is 3.07. The van der Waals surface area contributed by atoms with Crippen molar-refractivity contribution in [2.45, 2.75) is 13.8 Å². The lowest BCUT2D eigenvalue weighted by atomic mass is 10.1. The maximum Gasteiger partial charge on any atom is 0.243 e. The van der Waals surface area contributed by atoms with Gasteiger partial charge < -0.3 is 10.6 Å². The van der Waals surface area contributed by atoms with Crippen LogP contribution in [-0.4, -0.2) is 12.5 Å². The fraction of sp³-hybridized carbons (Fsp3) is 0.188. The van der Waals surface area contributed by atoms with Crippen LogP contribution < -0.4 is 10.6 Å². The monoisotopic (exact) mass is 324 g/mol. The zero-order valence-electron chi connectivity index (χ0n) is 12.1. The Balaban J connectivity index is 2.00. The molecule has 2 rings (SSSR count). The third-order valence-corrected chi connectivity index (χ3v) is 3.37. The van der Waals surface area contributed by atoms with Gasteiger partial charge in [0.2, 0.25) is 5.91 Å². The van der Waals surface area contributed by atoms with Crippen LogP contribution in [0, 0.1) is 25.5 Å². The predicted octanol–water partition coefficient (Wildman–Crippen LogP) is 4.29. The molecule has 0 bridgehead atoms. The quantitative estimate of drug-likeness (QED) is 0.881. The minimum atomic E-state index is -0.970. The highest BCUT2D eigenvalue weighted by molar-refractivity contribution is 6.34. The predicted molar refractivity (Wildman–Crippen MR) is 84.4 cm³/mol. The topological polar surface area (TPSA) is 41.1 Å². The summed E-state index contributed by atoms with van der Waals surface area (Å²) in [6.45, 7) is 3.67. The van der Waals surface area contributed by atoms with E-state index in [-0.39, 0.29) is 12.5 Å². The van der Waals surface area contributed by atoms with Gasteiger partial charge in [-0.2, -0.15) is 0 Å². The normalized spacial score (nSPS) is 10.4. The lowest BCUT2D eigenvalue weighted by Crippen LogP contribution is -2.22. The molecule has 0 aliphatic carbocycles. The van der Waals surface area contributed by atoms with Gasteiger partial charge in [-0.15, -0.1) is 0 Å². The summed E-state index contributed by atoms with van der Waals surface area (Å²) in [6.07, 6.45) is 0. The summed E-state index contributed by atoms with van der Waals surface area (Å²) in [5.74, 6) is -2.24. The number of benzene rings is 2. The van der Waals surface area contributed by atoms with E-state index in [1.165, 1.54) is 6.07 Å². The van der Waals surface area contributed by atoms with Crippen LogP contribution in [0.2, 0.25) is 5.02 Å². The van der Waals surface area contributed by atoms with Gasteiger partial charge in [-0.1, -0.05) is 17.7 Å². The second-order valence-electron chi connectivity index (χ2n) is 4.97. The summed E-state index contributed by atoms with van der Waals surface area (Å²) in [5, 5.41) is 5.88. The molecule has 0 saturated heterocycles. The van der Waals surface area contributed by atoms with Crippen molar-refractivity contribution in [2.75, 3.05) is 17.2 Å². The maximum atomic E-state index is 13.1. The van der Waals surface area contributed by atoms with Gasteiger partial charge in [0.1, 0.15) is 0 Å². The smallest absolute Gasteiger partial charge is 0.243 e. The zero-order chi connectivity index (χ0) is 16.3. The highest BCUT2D eigenvalue weighted by atomic mass is 35.5. The molecule has 3 nitrogen and oxygen atoms in total. The van der Waals surface area contributed by atoms with Crippen LogP contribution in [0.5, 0.6) is 0 Å². The van der Waals surface area contributed by atoms with E-state index in [1.807, 2.05) is 19.9 Å². The van der Waals surface area contributed by atoms with Gasteiger partial charge in [0.15, 0.2) is 11.6 Å². The van der Waals surface area contributed by atoms with E-state index in [9.17, 15) is 13.6 Å². The van der Waals surface area contributed by atoms with Gasteiger partial charge in [0, 0.05) is 11.8 Å². The Morgan fingerprint density at radius 2 is 1.86 bits per heavy atom. The molecule has 0 radical (unpaired) electrons. The summed E-state index contributed by atoms with van der Waals surface area (Å²) in [4.78, 5) is 11.9. The van der Waals surface area contributed by atoms with E-state index in [4.69, 9.17) is 11.6 Å². The molecular weight excluding hydrogens is 310 g/mol. The molecular formula is C16H15ClF2N2O. The van der Waals surface area contributed by atoms with Crippen molar-refractivity contribution in [1.29, 1.82) is 0 Å². The molecule has 0 aromatic heterocycles. The molecule has 22 heavy (non-hydrogen) atoms. The number of aryl methyl sites for hydroxylation is 2. The average molecular weight is 325 g/mol. The van der Waals surface area contributed by atoms with Crippen molar-refractivity contribution in [2.24, 2.45) is 0 Å². The van der Waals surface area contributed by atoms with E-state index in [1.54, 1.807) is 6.07 Å². The van der Waals surface area contributed by atoms with Crippen molar-refractivity contribution >= 4 is 28.9 Å². The number of halogens is 3. The molecule has 2 N–H and O–H groups in total. The average Bonchev–Trinajstić information content (AvgIpc) is 2.44. The van der Waals surface area contributed by atoms with Crippen LogP contribution >= 0.6 is 11.6 Å². The molecule has 116 valence electrons. The summed E-state index contributed by atoms with van der Waals surface area (Å²) in [6, 6.07) is 7.01. The largest absolute Gasteiger partial charge is 0.376 e. The van der Waals surface area contributed by atoms with Crippen molar-refractivity contribution in [3.63, 3.8) is 0 Å². The SMILES string of the molecule is Cc1cc(C)c(NC(=O)CNc2ccc(F)c(F)c2)c(Cl)c1. The highest BCUT2D eigenvalue weighted by Crippen LogP contribution is 2.27. The summed E-state index contributed by atoms with van der Waals surface area (Å²) >= 11 is 6.11. The summed E-state index contributed by atoms with van der Waals surface area (Å²) in [5.41, 5.74) is 2.72. The molecule has 1 amide bonds. The Labute approximate surface area is 132 Å². The minimum Gasteiger partial charge on any atom is -0.376 e. The number of nitrogens with one attached hydrogen (secondary N) is 2. The summed E-state index contributed by atoms with van der Waals surface area (Å²) in [7, 11) is 0. The second-order valence-corrected chi connectivity index (χ2v) is 5.38. The van der Waals surface area contributed by atoms with Gasteiger partial charge in [0.05, 0.1) is 17.3 Å². The summed E-state index contributed by atoms with van der Waals surface area (Å²) < 4.78 is 25.9. The first-order valence-corrected chi connectivity index (χ1v) is 7.00. The number of hydrogen-bond acceptors (Lipinski definition) is 2. The Morgan fingerprint density at radius 3 is 2.50 bits per heavy atom. The number of hydrogen-bond donors (Lipinski definition) is 2. The van der Waals surface area contributed by atoms with Crippen LogP contribution in [0.4, 0.5) is 20.2 Å². The number of amides is 1. The van der Waals surface area contributed by atoms with E-state index in [0.29, 0.717) is 16.4 Å². The van der Waals surface area contributed by atoms with E-state index in [2.05, 4.69) is 10.6 Å². The molecule has 0 saturated carbocycles. The first-order chi connectivity index (χ1) is 10.4. The van der Waals surface area contributed by atoms with E-state index >= 15 is 0 Å². The molecule has 0 fully saturated rings. The van der Waals surface area contributed by atoms with Crippen LogP contribution in [0.3, 0.4) is 0 Å². The molecule has 0 heterocycles. The van der Waals surface area contributed by atoms with Gasteiger partial charge in [-0.3, -0.25) is 4.79 Å². The molecule has 2 aromatic carbocycles. The molecule has 0 atom stereocenters. The Hall–Kier alpha value is -2.14. The minimum absolute atomic E-state index is 0.0886. The first kappa shape index (κ1) is 16.2. The number of carbonyl (C=O) groups excluding carboxylic acids is 1. The van der Waals surface area contributed by atoms with Crippen LogP contribution in [0.1, 0.15) is 11.1 Å². The van der Waals surface area contributed by atoms with Crippen molar-refractivity contribution in [3.05, 3.63) is 58.1 Å². The Kier molecular flexibility index (Phi) is 4.98. The van der Waals surface area contributed by atoms with E-state index < -0.39 is 11.6 Å². The lowest BCUT2D eigenvalue weighted by Gasteiger charge is -2.12. The Morgan fingerprint density at radius 1 is 1.14 bits per heavy atom. The zero-order valence-corrected chi connectivity index (χ0v) is 12.9. The molecule has 0 aliphatic heterocycles. The Bertz CT molecular complexity index is 696. The fourth-order valence-corrected chi connectivity index (χ4v) is 2.41. The van der Waals surface area contributed by atoms with Gasteiger partial charge in [-0.25, -0.2) is 8.78 Å². The number of carbonyl (C=O) groups is 1. The fourth-order valence-electron chi connectivity index (χ4n) is 2.05. The molecule has 0 unspecified atom stereocenters. The van der Waals surface area contributed by atoms with Crippen LogP contribution in [0.15, 0.2) is 30.3 Å². The lowest BCUT2D eigenvalue weighted by molar-refractivity contribution is -0.114. The first-order valence-electron chi connectivity index (χ1n) is 6.62. The number of rotatable bonds is 4. The third kappa shape index (κ3) is 3.95. The van der Waals surface area contributed by atoms with Gasteiger partial charge >= 0.3 is 0 Å². The molecule has 0 aliphatic rings. The van der Waals surface area contributed by atoms with Gasteiger partial charge in [-0.05, 0) is 43.2 Å². The van der Waals surface area contributed by atoms with Crippen molar-refractivity contribution < 1.29 is 13.6 Å². The second kappa shape index (κ2) is 6.75. The highest BCUT2D eigenvalue weighted by Gasteiger charge is 2.10. The van der Waals surface area contributed by atoms with Crippen molar-refractivity contribution in [3.8, 4) is 0 Å². The standard InChI is InChI=1S/C16H15ClF2N2O/c1-9-5-10(2)16(12(17)6-9)21-15(22)8-20-11-3-4-13(18)14(19)7-11/h3-7,20H,8H2,1-2H3,(H,21,22). The van der Waals surface area contributed by atoms with Gasteiger partial charge in [0.25, 0.3) is 0 Å². The van der Waals surface area contributed by atoms with E-state index in [0.717, 1.165) is 23.3 Å². The van der Waals surface area contributed by atoms with Crippen LogP contribution in [0.25, 0.3) is 0 Å². The van der Waals surface area contributed by atoms with Crippen molar-refractivity contribution in [1.82, 2.24) is 0 Å². The maximum absolute atomic E-state index is 13.1. The molecule has 2 aromatic rings. The number of anilines is 2. The molecule has 6 heteroatoms.